The summed E-state index contributed by atoms with van der Waals surface area (Å²) in [7, 11) is 0. The van der Waals surface area contributed by atoms with Crippen LogP contribution < -0.4 is 0 Å². The largest absolute Gasteiger partial charge is 0.258 e. The van der Waals surface area contributed by atoms with Crippen LogP contribution in [0.4, 0.5) is 0 Å². The van der Waals surface area contributed by atoms with E-state index in [9.17, 15) is 0 Å². The molecule has 0 bridgehead atoms. The molecule has 24 heavy (non-hydrogen) atoms. The van der Waals surface area contributed by atoms with Crippen LogP contribution in [-0.2, 0) is 6.54 Å². The molecule has 0 saturated heterocycles. The third kappa shape index (κ3) is 2.19. The zero-order valence-corrected chi connectivity index (χ0v) is 13.9. The number of rotatable bonds is 2. The second-order valence-electron chi connectivity index (χ2n) is 5.17. The van der Waals surface area contributed by atoms with E-state index in [1.54, 1.807) is 16.9 Å². The molecule has 9 heteroatoms. The molecular weight excluding hydrogens is 349 g/mol. The number of nitriles is 1. The summed E-state index contributed by atoms with van der Waals surface area (Å²) >= 11 is 12.4. The molecular formula is C15H9Cl2N7. The van der Waals surface area contributed by atoms with Crippen molar-refractivity contribution in [2.45, 2.75) is 13.5 Å². The van der Waals surface area contributed by atoms with Crippen molar-refractivity contribution in [3.63, 3.8) is 0 Å². The van der Waals surface area contributed by atoms with Crippen LogP contribution in [0.15, 0.2) is 24.4 Å². The monoisotopic (exact) mass is 357 g/mol. The summed E-state index contributed by atoms with van der Waals surface area (Å²) in [5.41, 5.74) is 2.61. The molecule has 0 amide bonds. The average molecular weight is 358 g/mol. The normalized spacial score (nSPS) is 11.2. The number of hydrogen-bond donors (Lipinski definition) is 0. The van der Waals surface area contributed by atoms with Gasteiger partial charge in [0.2, 0.25) is 5.28 Å². The number of aryl methyl sites for hydroxylation is 1. The lowest BCUT2D eigenvalue weighted by Crippen LogP contribution is -1.95. The van der Waals surface area contributed by atoms with E-state index in [1.165, 1.54) is 4.52 Å². The molecule has 3 aromatic heterocycles. The quantitative estimate of drug-likeness (QED) is 0.514. The first-order valence-electron chi connectivity index (χ1n) is 7.00. The molecule has 3 heterocycles. The van der Waals surface area contributed by atoms with Gasteiger partial charge in [-0.2, -0.15) is 14.9 Å². The second-order valence-corrected chi connectivity index (χ2v) is 5.92. The summed E-state index contributed by atoms with van der Waals surface area (Å²) in [4.78, 5) is 8.88. The third-order valence-corrected chi connectivity index (χ3v) is 4.18. The maximum absolute atomic E-state index is 8.80. The van der Waals surface area contributed by atoms with Gasteiger partial charge in [0.15, 0.2) is 11.5 Å². The minimum atomic E-state index is 0.162. The van der Waals surface area contributed by atoms with Gasteiger partial charge in [0.25, 0.3) is 0 Å². The summed E-state index contributed by atoms with van der Waals surface area (Å²) in [5, 5.41) is 18.9. The number of hydrogen-bond acceptors (Lipinski definition) is 5. The van der Waals surface area contributed by atoms with Crippen molar-refractivity contribution in [1.82, 2.24) is 29.4 Å². The maximum Gasteiger partial charge on any atom is 0.226 e. The summed E-state index contributed by atoms with van der Waals surface area (Å²) in [6, 6.07) is 7.49. The van der Waals surface area contributed by atoms with Crippen molar-refractivity contribution in [2.75, 3.05) is 0 Å². The Labute approximate surface area is 146 Å². The van der Waals surface area contributed by atoms with E-state index in [-0.39, 0.29) is 11.8 Å². The highest BCUT2D eigenvalue weighted by Gasteiger charge is 2.17. The molecule has 4 aromatic rings. The minimum Gasteiger partial charge on any atom is -0.258 e. The molecule has 0 radical (unpaired) electrons. The lowest BCUT2D eigenvalue weighted by atomic mass is 10.2. The summed E-state index contributed by atoms with van der Waals surface area (Å²) < 4.78 is 3.02. The van der Waals surface area contributed by atoms with E-state index in [2.05, 4.69) is 26.2 Å². The van der Waals surface area contributed by atoms with Crippen molar-refractivity contribution < 1.29 is 0 Å². The number of aromatic nitrogens is 6. The standard InChI is InChI=1S/C15H9Cl2N7/c1-8-10(7-23(21-8)6-5-18)13-20-14-9-3-2-4-11(16)12(9)19-15(17)24(14)22-13/h2-4,7H,6H2,1H3. The fourth-order valence-electron chi connectivity index (χ4n) is 2.57. The van der Waals surface area contributed by atoms with E-state index in [0.717, 1.165) is 16.6 Å². The highest BCUT2D eigenvalue weighted by atomic mass is 35.5. The molecule has 0 aliphatic rings. The molecule has 0 aliphatic carbocycles. The Kier molecular flexibility index (Phi) is 3.37. The first kappa shape index (κ1) is 14.9. The molecule has 118 valence electrons. The SMILES string of the molecule is Cc1nn(CC#N)cc1-c1nc2c3cccc(Cl)c3nc(Cl)n2n1. The van der Waals surface area contributed by atoms with Crippen LogP contribution in [0, 0.1) is 18.3 Å². The Balaban J connectivity index is 1.99. The molecule has 4 rings (SSSR count). The van der Waals surface area contributed by atoms with Crippen LogP contribution in [0.25, 0.3) is 27.9 Å². The summed E-state index contributed by atoms with van der Waals surface area (Å²) in [6.07, 6.45) is 1.74. The predicted molar refractivity (Wildman–Crippen MR) is 89.9 cm³/mol. The van der Waals surface area contributed by atoms with Gasteiger partial charge in [0.1, 0.15) is 6.54 Å². The van der Waals surface area contributed by atoms with Crippen LogP contribution in [0.5, 0.6) is 0 Å². The first-order valence-corrected chi connectivity index (χ1v) is 7.76. The van der Waals surface area contributed by atoms with Crippen molar-refractivity contribution in [3.05, 3.63) is 40.4 Å². The molecule has 0 aliphatic heterocycles. The van der Waals surface area contributed by atoms with E-state index < -0.39 is 0 Å². The molecule has 7 nitrogen and oxygen atoms in total. The van der Waals surface area contributed by atoms with Crippen molar-refractivity contribution in [2.24, 2.45) is 0 Å². The number of benzene rings is 1. The average Bonchev–Trinajstić information content (AvgIpc) is 3.13. The van der Waals surface area contributed by atoms with Gasteiger partial charge in [0.05, 0.1) is 27.9 Å². The Morgan fingerprint density at radius 1 is 1.21 bits per heavy atom. The molecule has 1 aromatic carbocycles. The maximum atomic E-state index is 8.80. The Bertz CT molecular complexity index is 1140. The Hall–Kier alpha value is -2.69. The van der Waals surface area contributed by atoms with Gasteiger partial charge >= 0.3 is 0 Å². The highest BCUT2D eigenvalue weighted by Crippen LogP contribution is 2.28. The van der Waals surface area contributed by atoms with Gasteiger partial charge in [0, 0.05) is 11.6 Å². The Morgan fingerprint density at radius 3 is 2.83 bits per heavy atom. The lowest BCUT2D eigenvalue weighted by Gasteiger charge is -2.02. The summed E-state index contributed by atoms with van der Waals surface area (Å²) in [6.45, 7) is 2.00. The number of para-hydroxylation sites is 1. The van der Waals surface area contributed by atoms with Crippen LogP contribution in [-0.4, -0.2) is 29.4 Å². The van der Waals surface area contributed by atoms with Crippen LogP contribution in [0.1, 0.15) is 5.69 Å². The molecule has 0 spiro atoms. The lowest BCUT2D eigenvalue weighted by molar-refractivity contribution is 0.701. The topological polar surface area (TPSA) is 84.7 Å². The molecule has 0 saturated carbocycles. The van der Waals surface area contributed by atoms with Crippen molar-refractivity contribution >= 4 is 39.8 Å². The van der Waals surface area contributed by atoms with Gasteiger partial charge in [-0.25, -0.2) is 9.97 Å². The van der Waals surface area contributed by atoms with Crippen LogP contribution >= 0.6 is 23.2 Å². The number of fused-ring (bicyclic) bond motifs is 3. The van der Waals surface area contributed by atoms with Gasteiger partial charge < -0.3 is 0 Å². The highest BCUT2D eigenvalue weighted by molar-refractivity contribution is 6.36. The zero-order valence-electron chi connectivity index (χ0n) is 12.4. The van der Waals surface area contributed by atoms with Gasteiger partial charge in [-0.1, -0.05) is 17.7 Å². The first-order chi connectivity index (χ1) is 11.6. The van der Waals surface area contributed by atoms with E-state index >= 15 is 0 Å². The fourth-order valence-corrected chi connectivity index (χ4v) is 2.99. The predicted octanol–water partition coefficient (Wildman–Crippen LogP) is 3.28. The van der Waals surface area contributed by atoms with E-state index in [4.69, 9.17) is 28.5 Å². The number of nitrogens with zero attached hydrogens (tertiary/aromatic N) is 7. The summed E-state index contributed by atoms with van der Waals surface area (Å²) in [5.74, 6) is 0.466. The zero-order chi connectivity index (χ0) is 16.8. The van der Waals surface area contributed by atoms with Gasteiger partial charge in [-0.3, -0.25) is 4.68 Å². The van der Waals surface area contributed by atoms with Crippen molar-refractivity contribution in [3.8, 4) is 17.5 Å². The Morgan fingerprint density at radius 2 is 2.04 bits per heavy atom. The number of halogens is 2. The fraction of sp³-hybridized carbons (Fsp3) is 0.133. The molecule has 0 N–H and O–H groups in total. The van der Waals surface area contributed by atoms with Gasteiger partial charge in [-0.05, 0) is 30.7 Å². The van der Waals surface area contributed by atoms with Crippen LogP contribution in [0.3, 0.4) is 0 Å². The van der Waals surface area contributed by atoms with Crippen molar-refractivity contribution in [1.29, 1.82) is 5.26 Å². The van der Waals surface area contributed by atoms with Gasteiger partial charge in [-0.15, -0.1) is 5.10 Å². The van der Waals surface area contributed by atoms with E-state index in [0.29, 0.717) is 22.0 Å². The van der Waals surface area contributed by atoms with Crippen LogP contribution in [0.2, 0.25) is 10.3 Å². The molecule has 0 fully saturated rings. The third-order valence-electron chi connectivity index (χ3n) is 3.63. The smallest absolute Gasteiger partial charge is 0.226 e. The second kappa shape index (κ2) is 5.44. The molecule has 0 unspecified atom stereocenters. The molecule has 0 atom stereocenters. The van der Waals surface area contributed by atoms with E-state index in [1.807, 2.05) is 19.1 Å². The minimum absolute atomic E-state index is 0.162.